The number of carbonyl (C=O) groups excluding carboxylic acids is 1. The Morgan fingerprint density at radius 3 is 2.72 bits per heavy atom. The quantitative estimate of drug-likeness (QED) is 0.515. The Balaban J connectivity index is 1.90. The first-order valence-electron chi connectivity index (χ1n) is 6.32. The molecule has 0 fully saturated rings. The molecule has 0 radical (unpaired) electrons. The molecule has 1 unspecified atom stereocenters. The molecule has 1 aliphatic rings. The standard InChI is InChI=1S/C13H21NO4/c1-9(12(15)16)5-3-4-6-14-13(17)18-8-11-7-10(11)2/h7,9,11H,3-6,8H2,1-2H3,(H,14,17)(H,15,16)/t9-,11?/m0/s1. The van der Waals surface area contributed by atoms with E-state index >= 15 is 0 Å². The Morgan fingerprint density at radius 1 is 1.50 bits per heavy atom. The van der Waals surface area contributed by atoms with E-state index in [4.69, 9.17) is 9.84 Å². The van der Waals surface area contributed by atoms with Crippen molar-refractivity contribution in [1.29, 1.82) is 0 Å². The van der Waals surface area contributed by atoms with Gasteiger partial charge in [-0.25, -0.2) is 4.79 Å². The number of hydrogen-bond acceptors (Lipinski definition) is 3. The summed E-state index contributed by atoms with van der Waals surface area (Å²) in [5, 5.41) is 11.3. The second kappa shape index (κ2) is 7.03. The van der Waals surface area contributed by atoms with Crippen LogP contribution in [0, 0.1) is 11.8 Å². The molecule has 0 aromatic rings. The summed E-state index contributed by atoms with van der Waals surface area (Å²) in [4.78, 5) is 21.8. The van der Waals surface area contributed by atoms with E-state index in [2.05, 4.69) is 11.4 Å². The highest BCUT2D eigenvalue weighted by Crippen LogP contribution is 2.27. The van der Waals surface area contributed by atoms with Crippen molar-refractivity contribution in [2.24, 2.45) is 11.8 Å². The molecule has 0 saturated heterocycles. The van der Waals surface area contributed by atoms with Gasteiger partial charge >= 0.3 is 12.1 Å². The average molecular weight is 255 g/mol. The molecule has 0 aromatic carbocycles. The van der Waals surface area contributed by atoms with E-state index in [1.807, 2.05) is 6.92 Å². The number of alkyl carbamates (subject to hydrolysis) is 1. The van der Waals surface area contributed by atoms with Crippen molar-refractivity contribution >= 4 is 12.1 Å². The van der Waals surface area contributed by atoms with Crippen LogP contribution >= 0.6 is 0 Å². The first-order chi connectivity index (χ1) is 8.50. The van der Waals surface area contributed by atoms with Gasteiger partial charge in [0.05, 0.1) is 5.92 Å². The smallest absolute Gasteiger partial charge is 0.407 e. The highest BCUT2D eigenvalue weighted by Gasteiger charge is 2.21. The second-order valence-corrected chi connectivity index (χ2v) is 4.78. The lowest BCUT2D eigenvalue weighted by atomic mass is 10.0. The Bertz CT molecular complexity index is 338. The van der Waals surface area contributed by atoms with Gasteiger partial charge in [0.1, 0.15) is 6.61 Å². The van der Waals surface area contributed by atoms with Gasteiger partial charge in [0, 0.05) is 12.5 Å². The number of carbonyl (C=O) groups is 2. The van der Waals surface area contributed by atoms with E-state index in [9.17, 15) is 9.59 Å². The molecule has 1 rings (SSSR count). The number of ether oxygens (including phenoxy) is 1. The normalized spacial score (nSPS) is 18.8. The summed E-state index contributed by atoms with van der Waals surface area (Å²) in [7, 11) is 0. The van der Waals surface area contributed by atoms with E-state index in [0.717, 1.165) is 12.8 Å². The summed E-state index contributed by atoms with van der Waals surface area (Å²) in [5.41, 5.74) is 1.27. The van der Waals surface area contributed by atoms with E-state index in [0.29, 0.717) is 25.5 Å². The molecule has 18 heavy (non-hydrogen) atoms. The van der Waals surface area contributed by atoms with Crippen LogP contribution in [0.15, 0.2) is 11.6 Å². The molecule has 1 aliphatic carbocycles. The van der Waals surface area contributed by atoms with Crippen molar-refractivity contribution in [3.05, 3.63) is 11.6 Å². The van der Waals surface area contributed by atoms with E-state index in [-0.39, 0.29) is 5.92 Å². The van der Waals surface area contributed by atoms with Crippen molar-refractivity contribution in [3.8, 4) is 0 Å². The topological polar surface area (TPSA) is 75.6 Å². The molecule has 0 saturated carbocycles. The van der Waals surface area contributed by atoms with E-state index in [1.165, 1.54) is 5.57 Å². The van der Waals surface area contributed by atoms with Gasteiger partial charge in [-0.3, -0.25) is 4.79 Å². The maximum Gasteiger partial charge on any atom is 0.407 e. The van der Waals surface area contributed by atoms with Crippen LogP contribution in [0.4, 0.5) is 4.79 Å². The summed E-state index contributed by atoms with van der Waals surface area (Å²) in [6.07, 6.45) is 3.86. The Labute approximate surface area is 107 Å². The molecular formula is C13H21NO4. The molecule has 0 aromatic heterocycles. The number of unbranched alkanes of at least 4 members (excludes halogenated alkanes) is 1. The van der Waals surface area contributed by atoms with Crippen LogP contribution in [0.1, 0.15) is 33.1 Å². The maximum absolute atomic E-state index is 11.2. The lowest BCUT2D eigenvalue weighted by Gasteiger charge is -2.08. The molecule has 0 aliphatic heterocycles. The van der Waals surface area contributed by atoms with Gasteiger partial charge in [0.25, 0.3) is 0 Å². The molecule has 5 nitrogen and oxygen atoms in total. The molecule has 0 bridgehead atoms. The van der Waals surface area contributed by atoms with Crippen molar-refractivity contribution in [2.75, 3.05) is 13.2 Å². The van der Waals surface area contributed by atoms with E-state index < -0.39 is 12.1 Å². The summed E-state index contributed by atoms with van der Waals surface area (Å²) < 4.78 is 5.01. The van der Waals surface area contributed by atoms with Crippen LogP contribution in [-0.2, 0) is 9.53 Å². The summed E-state index contributed by atoms with van der Waals surface area (Å²) in [5.74, 6) is -0.747. The van der Waals surface area contributed by atoms with Crippen LogP contribution in [0.5, 0.6) is 0 Å². The van der Waals surface area contributed by atoms with Gasteiger partial charge in [-0.1, -0.05) is 25.0 Å². The third kappa shape index (κ3) is 5.70. The fraction of sp³-hybridized carbons (Fsp3) is 0.692. The molecule has 102 valence electrons. The molecule has 5 heteroatoms. The number of aliphatic carboxylic acids is 1. The minimum atomic E-state index is -0.769. The van der Waals surface area contributed by atoms with Crippen LogP contribution in [-0.4, -0.2) is 30.3 Å². The Kier molecular flexibility index (Phi) is 5.68. The third-order valence-electron chi connectivity index (χ3n) is 3.09. The molecule has 1 amide bonds. The number of rotatable bonds is 8. The monoisotopic (exact) mass is 255 g/mol. The number of hydrogen-bond donors (Lipinski definition) is 2. The zero-order valence-corrected chi connectivity index (χ0v) is 10.9. The van der Waals surface area contributed by atoms with Gasteiger partial charge in [-0.15, -0.1) is 0 Å². The van der Waals surface area contributed by atoms with Crippen molar-refractivity contribution in [2.45, 2.75) is 33.1 Å². The van der Waals surface area contributed by atoms with Crippen LogP contribution in [0.25, 0.3) is 0 Å². The van der Waals surface area contributed by atoms with Crippen molar-refractivity contribution < 1.29 is 19.4 Å². The molecule has 0 spiro atoms. The summed E-state index contributed by atoms with van der Waals surface area (Å²) in [6.45, 7) is 4.65. The largest absolute Gasteiger partial charge is 0.481 e. The SMILES string of the molecule is CC1=CC1COC(=O)NCCCC[C@H](C)C(=O)O. The summed E-state index contributed by atoms with van der Waals surface area (Å²) in [6, 6.07) is 0. The zero-order chi connectivity index (χ0) is 13.5. The highest BCUT2D eigenvalue weighted by molar-refractivity contribution is 5.69. The average Bonchev–Trinajstić information content (AvgIpc) is 3.02. The lowest BCUT2D eigenvalue weighted by Crippen LogP contribution is -2.26. The molecular weight excluding hydrogens is 234 g/mol. The minimum Gasteiger partial charge on any atom is -0.481 e. The highest BCUT2D eigenvalue weighted by atomic mass is 16.5. The van der Waals surface area contributed by atoms with Gasteiger partial charge in [-0.2, -0.15) is 0 Å². The van der Waals surface area contributed by atoms with Gasteiger partial charge in [0.2, 0.25) is 0 Å². The number of carboxylic acid groups (broad SMARTS) is 1. The van der Waals surface area contributed by atoms with E-state index in [1.54, 1.807) is 6.92 Å². The third-order valence-corrected chi connectivity index (χ3v) is 3.09. The fourth-order valence-electron chi connectivity index (χ4n) is 1.55. The first-order valence-corrected chi connectivity index (χ1v) is 6.32. The van der Waals surface area contributed by atoms with Gasteiger partial charge < -0.3 is 15.2 Å². The lowest BCUT2D eigenvalue weighted by molar-refractivity contribution is -0.141. The first kappa shape index (κ1) is 14.5. The van der Waals surface area contributed by atoms with Crippen molar-refractivity contribution in [1.82, 2.24) is 5.32 Å². The molecule has 2 N–H and O–H groups in total. The van der Waals surface area contributed by atoms with Gasteiger partial charge in [-0.05, 0) is 19.8 Å². The number of carboxylic acids is 1. The summed E-state index contributed by atoms with van der Waals surface area (Å²) >= 11 is 0. The molecule has 0 heterocycles. The van der Waals surface area contributed by atoms with Crippen LogP contribution < -0.4 is 5.32 Å². The zero-order valence-electron chi connectivity index (χ0n) is 10.9. The second-order valence-electron chi connectivity index (χ2n) is 4.78. The predicted octanol–water partition coefficient (Wildman–Crippen LogP) is 2.18. The van der Waals surface area contributed by atoms with Crippen LogP contribution in [0.3, 0.4) is 0 Å². The minimum absolute atomic E-state index is 0.319. The number of amides is 1. The van der Waals surface area contributed by atoms with Crippen LogP contribution in [0.2, 0.25) is 0 Å². The fourth-order valence-corrected chi connectivity index (χ4v) is 1.55. The van der Waals surface area contributed by atoms with Gasteiger partial charge in [0.15, 0.2) is 0 Å². The predicted molar refractivity (Wildman–Crippen MR) is 67.2 cm³/mol. The number of nitrogens with one attached hydrogen (secondary N) is 1. The molecule has 2 atom stereocenters. The van der Waals surface area contributed by atoms with Crippen molar-refractivity contribution in [3.63, 3.8) is 0 Å². The Morgan fingerprint density at radius 2 is 2.17 bits per heavy atom. The maximum atomic E-state index is 11.2. The Hall–Kier alpha value is -1.52.